The number of halogens is 1. The number of carbonyl (C=O) groups is 2. The van der Waals surface area contributed by atoms with E-state index in [1.807, 2.05) is 31.2 Å². The fourth-order valence-electron chi connectivity index (χ4n) is 2.41. The molecule has 0 spiro atoms. The Hall–Kier alpha value is -2.45. The topological polar surface area (TPSA) is 85.1 Å². The maximum atomic E-state index is 12.4. The summed E-state index contributed by atoms with van der Waals surface area (Å²) in [5.74, 6) is 0.486. The zero-order valence-corrected chi connectivity index (χ0v) is 17.5. The first-order valence-electron chi connectivity index (χ1n) is 8.71. The first-order valence-corrected chi connectivity index (χ1v) is 10.5. The van der Waals surface area contributed by atoms with Crippen molar-refractivity contribution in [3.05, 3.63) is 58.6 Å². The summed E-state index contributed by atoms with van der Waals surface area (Å²) in [4.78, 5) is 24.0. The minimum atomic E-state index is -0.0583. The molecule has 0 atom stereocenters. The summed E-state index contributed by atoms with van der Waals surface area (Å²) in [5, 5.41) is 11.2. The molecule has 0 radical (unpaired) electrons. The molecule has 0 aliphatic carbocycles. The standard InChI is InChI=1S/C20H18BrN3O3S/c1-2-5-18(26)22-14-10-8-13(9-11-14)17(25)12-28-20-24-23-19(27-20)15-6-3-4-7-16(15)21/h3-4,6-11H,2,5,12H2,1H3,(H,22,26). The van der Waals surface area contributed by atoms with Crippen LogP contribution in [0.4, 0.5) is 5.69 Å². The van der Waals surface area contributed by atoms with Crippen molar-refractivity contribution in [1.82, 2.24) is 10.2 Å². The number of Topliss-reactive ketones (excluding diaryl/α,β-unsaturated/α-hetero) is 1. The molecule has 1 aromatic heterocycles. The number of carbonyl (C=O) groups excluding carboxylic acids is 2. The summed E-state index contributed by atoms with van der Waals surface area (Å²) in [5.41, 5.74) is 2.04. The Balaban J connectivity index is 1.57. The number of rotatable bonds is 8. The monoisotopic (exact) mass is 459 g/mol. The summed E-state index contributed by atoms with van der Waals surface area (Å²) in [6, 6.07) is 14.4. The van der Waals surface area contributed by atoms with Crippen molar-refractivity contribution >= 4 is 45.1 Å². The molecule has 1 amide bonds. The summed E-state index contributed by atoms with van der Waals surface area (Å²) < 4.78 is 6.49. The number of benzene rings is 2. The maximum absolute atomic E-state index is 12.4. The quantitative estimate of drug-likeness (QED) is 0.367. The van der Waals surface area contributed by atoms with Crippen LogP contribution < -0.4 is 5.32 Å². The van der Waals surface area contributed by atoms with E-state index >= 15 is 0 Å². The highest BCUT2D eigenvalue weighted by molar-refractivity contribution is 9.10. The SMILES string of the molecule is CCCC(=O)Nc1ccc(C(=O)CSc2nnc(-c3ccccc3Br)o2)cc1. The van der Waals surface area contributed by atoms with Gasteiger partial charge in [0, 0.05) is 22.1 Å². The van der Waals surface area contributed by atoms with Gasteiger partial charge in [0.2, 0.25) is 11.8 Å². The summed E-state index contributed by atoms with van der Waals surface area (Å²) in [6.45, 7) is 1.95. The van der Waals surface area contributed by atoms with Gasteiger partial charge in [0.15, 0.2) is 5.78 Å². The van der Waals surface area contributed by atoms with Crippen LogP contribution in [0.3, 0.4) is 0 Å². The molecule has 1 heterocycles. The van der Waals surface area contributed by atoms with E-state index in [0.29, 0.717) is 28.8 Å². The van der Waals surface area contributed by atoms with Gasteiger partial charge in [-0.15, -0.1) is 10.2 Å². The van der Waals surface area contributed by atoms with Crippen LogP contribution in [0.1, 0.15) is 30.1 Å². The predicted octanol–water partition coefficient (Wildman–Crippen LogP) is 5.21. The fraction of sp³-hybridized carbons (Fsp3) is 0.200. The lowest BCUT2D eigenvalue weighted by Gasteiger charge is -2.05. The van der Waals surface area contributed by atoms with Gasteiger partial charge in [-0.25, -0.2) is 0 Å². The van der Waals surface area contributed by atoms with Crippen LogP contribution in [0.2, 0.25) is 0 Å². The molecule has 2 aromatic carbocycles. The molecule has 0 saturated carbocycles. The third-order valence-corrected chi connectivity index (χ3v) is 5.32. The number of nitrogens with zero attached hydrogens (tertiary/aromatic N) is 2. The lowest BCUT2D eigenvalue weighted by atomic mass is 10.1. The lowest BCUT2D eigenvalue weighted by Crippen LogP contribution is -2.10. The van der Waals surface area contributed by atoms with Crippen molar-refractivity contribution < 1.29 is 14.0 Å². The molecule has 3 rings (SSSR count). The van der Waals surface area contributed by atoms with Crippen LogP contribution in [0.15, 0.2) is 62.6 Å². The molecule has 1 N–H and O–H groups in total. The van der Waals surface area contributed by atoms with Crippen LogP contribution in [-0.2, 0) is 4.79 Å². The maximum Gasteiger partial charge on any atom is 0.277 e. The van der Waals surface area contributed by atoms with Crippen LogP contribution >= 0.6 is 27.7 Å². The zero-order valence-electron chi connectivity index (χ0n) is 15.1. The summed E-state index contributed by atoms with van der Waals surface area (Å²) in [7, 11) is 0. The Morgan fingerprint density at radius 1 is 1.11 bits per heavy atom. The molecule has 0 saturated heterocycles. The number of ketones is 1. The molecule has 0 aliphatic rings. The van der Waals surface area contributed by atoms with Crippen LogP contribution in [0.25, 0.3) is 11.5 Å². The normalized spacial score (nSPS) is 10.6. The molecular weight excluding hydrogens is 442 g/mol. The highest BCUT2D eigenvalue weighted by Gasteiger charge is 2.14. The molecule has 0 fully saturated rings. The molecule has 6 nitrogen and oxygen atoms in total. The Labute approximate surface area is 175 Å². The van der Waals surface area contributed by atoms with Crippen LogP contribution in [-0.4, -0.2) is 27.6 Å². The smallest absolute Gasteiger partial charge is 0.277 e. The number of thioether (sulfide) groups is 1. The predicted molar refractivity (Wildman–Crippen MR) is 112 cm³/mol. The first kappa shape index (κ1) is 20.3. The van der Waals surface area contributed by atoms with E-state index in [0.717, 1.165) is 16.5 Å². The Morgan fingerprint density at radius 3 is 2.57 bits per heavy atom. The summed E-state index contributed by atoms with van der Waals surface area (Å²) in [6.07, 6.45) is 1.27. The molecule has 28 heavy (non-hydrogen) atoms. The van der Waals surface area contributed by atoms with Crippen molar-refractivity contribution in [2.24, 2.45) is 0 Å². The van der Waals surface area contributed by atoms with Gasteiger partial charge in [0.05, 0.1) is 11.3 Å². The Kier molecular flexibility index (Phi) is 7.00. The van der Waals surface area contributed by atoms with Crippen molar-refractivity contribution in [3.63, 3.8) is 0 Å². The van der Waals surface area contributed by atoms with Crippen LogP contribution in [0.5, 0.6) is 0 Å². The highest BCUT2D eigenvalue weighted by Crippen LogP contribution is 2.29. The van der Waals surface area contributed by atoms with Gasteiger partial charge in [-0.05, 0) is 58.7 Å². The van der Waals surface area contributed by atoms with E-state index in [-0.39, 0.29) is 17.4 Å². The zero-order chi connectivity index (χ0) is 19.9. The van der Waals surface area contributed by atoms with E-state index in [4.69, 9.17) is 4.42 Å². The third kappa shape index (κ3) is 5.30. The molecule has 8 heteroatoms. The van der Waals surface area contributed by atoms with Crippen molar-refractivity contribution in [2.45, 2.75) is 25.0 Å². The average Bonchev–Trinajstić information content (AvgIpc) is 3.16. The summed E-state index contributed by atoms with van der Waals surface area (Å²) >= 11 is 4.64. The Morgan fingerprint density at radius 2 is 1.86 bits per heavy atom. The number of hydrogen-bond acceptors (Lipinski definition) is 6. The van der Waals surface area contributed by atoms with E-state index in [2.05, 4.69) is 31.4 Å². The number of amides is 1. The lowest BCUT2D eigenvalue weighted by molar-refractivity contribution is -0.116. The second-order valence-electron chi connectivity index (χ2n) is 5.94. The number of anilines is 1. The van der Waals surface area contributed by atoms with E-state index < -0.39 is 0 Å². The minimum Gasteiger partial charge on any atom is -0.411 e. The van der Waals surface area contributed by atoms with Crippen molar-refractivity contribution in [3.8, 4) is 11.5 Å². The van der Waals surface area contributed by atoms with Gasteiger partial charge < -0.3 is 9.73 Å². The Bertz CT molecular complexity index is 973. The molecule has 0 bridgehead atoms. The molecule has 0 unspecified atom stereocenters. The van der Waals surface area contributed by atoms with E-state index in [9.17, 15) is 9.59 Å². The second-order valence-corrected chi connectivity index (χ2v) is 7.72. The van der Waals surface area contributed by atoms with Gasteiger partial charge in [-0.3, -0.25) is 9.59 Å². The van der Waals surface area contributed by atoms with Gasteiger partial charge >= 0.3 is 0 Å². The second kappa shape index (κ2) is 9.66. The highest BCUT2D eigenvalue weighted by atomic mass is 79.9. The van der Waals surface area contributed by atoms with Gasteiger partial charge in [0.1, 0.15) is 0 Å². The van der Waals surface area contributed by atoms with Crippen molar-refractivity contribution in [2.75, 3.05) is 11.1 Å². The number of nitrogens with one attached hydrogen (secondary N) is 1. The average molecular weight is 460 g/mol. The fourth-order valence-corrected chi connectivity index (χ4v) is 3.52. The van der Waals surface area contributed by atoms with Gasteiger partial charge in [0.25, 0.3) is 5.22 Å². The van der Waals surface area contributed by atoms with E-state index in [1.165, 1.54) is 11.8 Å². The number of aromatic nitrogens is 2. The molecule has 0 aliphatic heterocycles. The van der Waals surface area contributed by atoms with Crippen molar-refractivity contribution in [1.29, 1.82) is 0 Å². The molecular formula is C20H18BrN3O3S. The van der Waals surface area contributed by atoms with Gasteiger partial charge in [-0.1, -0.05) is 30.8 Å². The molecule has 3 aromatic rings. The third-order valence-electron chi connectivity index (χ3n) is 3.81. The van der Waals surface area contributed by atoms with Crippen LogP contribution in [0, 0.1) is 0 Å². The molecule has 144 valence electrons. The van der Waals surface area contributed by atoms with E-state index in [1.54, 1.807) is 24.3 Å². The minimum absolute atomic E-state index is 0.0330. The number of hydrogen-bond donors (Lipinski definition) is 1. The largest absolute Gasteiger partial charge is 0.411 e. The first-order chi connectivity index (χ1) is 13.6. The van der Waals surface area contributed by atoms with Gasteiger partial charge in [-0.2, -0.15) is 0 Å².